The minimum atomic E-state index is -0.414. The lowest BCUT2D eigenvalue weighted by molar-refractivity contribution is -0.122. The molecule has 3 rings (SSSR count). The van der Waals surface area contributed by atoms with Crippen LogP contribution in [0.4, 0.5) is 5.69 Å². The van der Waals surface area contributed by atoms with Crippen molar-refractivity contribution in [3.8, 4) is 0 Å². The molecular weight excluding hydrogens is 356 g/mol. The summed E-state index contributed by atoms with van der Waals surface area (Å²) in [6.07, 6.45) is 1.88. The van der Waals surface area contributed by atoms with Gasteiger partial charge >= 0.3 is 5.97 Å². The third kappa shape index (κ3) is 3.83. The van der Waals surface area contributed by atoms with Crippen molar-refractivity contribution in [3.05, 3.63) is 57.1 Å². The van der Waals surface area contributed by atoms with Crippen LogP contribution in [0.1, 0.15) is 22.2 Å². The van der Waals surface area contributed by atoms with E-state index >= 15 is 0 Å². The molecule has 0 unspecified atom stereocenters. The van der Waals surface area contributed by atoms with Gasteiger partial charge in [-0.1, -0.05) is 12.1 Å². The topological polar surface area (TPSA) is 59.0 Å². The summed E-state index contributed by atoms with van der Waals surface area (Å²) in [6, 6.07) is 10.8. The fourth-order valence-electron chi connectivity index (χ4n) is 2.30. The summed E-state index contributed by atoms with van der Waals surface area (Å²) in [5.74, 6) is -0.466. The van der Waals surface area contributed by atoms with Gasteiger partial charge in [0.25, 0.3) is 5.91 Å². The first kappa shape index (κ1) is 17.4. The molecule has 1 aromatic carbocycles. The second-order valence-corrected chi connectivity index (χ2v) is 7.10. The van der Waals surface area contributed by atoms with Gasteiger partial charge in [0.2, 0.25) is 0 Å². The predicted molar refractivity (Wildman–Crippen MR) is 102 cm³/mol. The van der Waals surface area contributed by atoms with Gasteiger partial charge in [0, 0.05) is 11.4 Å². The Morgan fingerprint density at radius 2 is 2.16 bits per heavy atom. The van der Waals surface area contributed by atoms with Crippen LogP contribution in [0, 0.1) is 0 Å². The van der Waals surface area contributed by atoms with Crippen molar-refractivity contribution in [3.63, 3.8) is 0 Å². The highest BCUT2D eigenvalue weighted by Crippen LogP contribution is 2.34. The number of likely N-dealkylation sites (N-methyl/N-ethyl adjacent to an activating group) is 1. The van der Waals surface area contributed by atoms with Gasteiger partial charge in [-0.3, -0.25) is 9.69 Å². The van der Waals surface area contributed by atoms with Crippen molar-refractivity contribution in [1.82, 2.24) is 4.90 Å². The first-order valence-corrected chi connectivity index (χ1v) is 9.34. The number of amidine groups is 1. The molecule has 5 nitrogen and oxygen atoms in total. The van der Waals surface area contributed by atoms with Crippen molar-refractivity contribution in [1.29, 1.82) is 0 Å². The summed E-state index contributed by atoms with van der Waals surface area (Å²) in [6.45, 7) is 2.44. The molecule has 7 heteroatoms. The standard InChI is InChI=1S/C18H16N2O3S2/c1-3-20-16(21)15(11-14-8-5-9-24-14)25-18(20)19-13-7-4-6-12(10-13)17(22)23-2/h4-11H,3H2,1-2H3. The molecule has 1 saturated heterocycles. The fourth-order valence-corrected chi connectivity index (χ4v) is 4.09. The Kier molecular flexibility index (Phi) is 5.35. The molecule has 0 bridgehead atoms. The van der Waals surface area contributed by atoms with E-state index in [0.717, 1.165) is 4.88 Å². The maximum absolute atomic E-state index is 12.6. The summed E-state index contributed by atoms with van der Waals surface area (Å²) in [5, 5.41) is 2.58. The van der Waals surface area contributed by atoms with E-state index in [4.69, 9.17) is 4.74 Å². The normalized spacial score (nSPS) is 17.5. The van der Waals surface area contributed by atoms with Crippen molar-refractivity contribution in [2.24, 2.45) is 4.99 Å². The van der Waals surface area contributed by atoms with E-state index in [1.807, 2.05) is 30.5 Å². The molecule has 0 spiro atoms. The summed E-state index contributed by atoms with van der Waals surface area (Å²) in [7, 11) is 1.34. The Bertz CT molecular complexity index is 857. The SMILES string of the molecule is CCN1C(=O)C(=Cc2cccs2)SC1=Nc1cccc(C(=O)OC)c1. The molecule has 1 aliphatic rings. The Morgan fingerprint density at radius 3 is 2.84 bits per heavy atom. The maximum Gasteiger partial charge on any atom is 0.337 e. The van der Waals surface area contributed by atoms with Crippen molar-refractivity contribution in [2.75, 3.05) is 13.7 Å². The lowest BCUT2D eigenvalue weighted by Gasteiger charge is -2.12. The highest BCUT2D eigenvalue weighted by atomic mass is 32.2. The molecule has 2 heterocycles. The van der Waals surface area contributed by atoms with Crippen molar-refractivity contribution >= 4 is 51.9 Å². The lowest BCUT2D eigenvalue weighted by atomic mass is 10.2. The van der Waals surface area contributed by atoms with E-state index in [0.29, 0.717) is 27.9 Å². The maximum atomic E-state index is 12.6. The van der Waals surface area contributed by atoms with Gasteiger partial charge in [0.05, 0.1) is 23.3 Å². The Hall–Kier alpha value is -2.38. The van der Waals surface area contributed by atoms with E-state index in [1.165, 1.54) is 18.9 Å². The number of methoxy groups -OCH3 is 1. The van der Waals surface area contributed by atoms with Crippen LogP contribution < -0.4 is 0 Å². The second kappa shape index (κ2) is 7.67. The fraction of sp³-hybridized carbons (Fsp3) is 0.167. The summed E-state index contributed by atoms with van der Waals surface area (Å²) in [4.78, 5) is 32.1. The van der Waals surface area contributed by atoms with Crippen LogP contribution in [0.5, 0.6) is 0 Å². The molecule has 0 saturated carbocycles. The van der Waals surface area contributed by atoms with E-state index in [2.05, 4.69) is 4.99 Å². The third-order valence-electron chi connectivity index (χ3n) is 3.51. The molecule has 1 amide bonds. The molecule has 0 aliphatic carbocycles. The van der Waals surface area contributed by atoms with Gasteiger partial charge in [-0.2, -0.15) is 0 Å². The molecule has 1 fully saturated rings. The molecule has 1 aromatic heterocycles. The molecule has 0 atom stereocenters. The first-order valence-electron chi connectivity index (χ1n) is 7.64. The zero-order valence-corrected chi connectivity index (χ0v) is 15.4. The van der Waals surface area contributed by atoms with E-state index < -0.39 is 5.97 Å². The number of nitrogens with zero attached hydrogens (tertiary/aromatic N) is 2. The number of aliphatic imine (C=N–C) groups is 1. The Balaban J connectivity index is 1.92. The minimum absolute atomic E-state index is 0.0521. The minimum Gasteiger partial charge on any atom is -0.465 e. The lowest BCUT2D eigenvalue weighted by Crippen LogP contribution is -2.28. The van der Waals surface area contributed by atoms with E-state index in [-0.39, 0.29) is 5.91 Å². The smallest absolute Gasteiger partial charge is 0.337 e. The Morgan fingerprint density at radius 1 is 1.32 bits per heavy atom. The van der Waals surface area contributed by atoms with Crippen LogP contribution in [-0.2, 0) is 9.53 Å². The van der Waals surface area contributed by atoms with Crippen LogP contribution >= 0.6 is 23.1 Å². The van der Waals surface area contributed by atoms with Gasteiger partial charge in [-0.05, 0) is 54.4 Å². The van der Waals surface area contributed by atoms with Crippen molar-refractivity contribution in [2.45, 2.75) is 6.92 Å². The quantitative estimate of drug-likeness (QED) is 0.597. The molecular formula is C18H16N2O3S2. The number of ether oxygens (including phenoxy) is 1. The van der Waals surface area contributed by atoms with Gasteiger partial charge in [-0.15, -0.1) is 11.3 Å². The molecule has 1 aliphatic heterocycles. The highest BCUT2D eigenvalue weighted by Gasteiger charge is 2.32. The monoisotopic (exact) mass is 372 g/mol. The van der Waals surface area contributed by atoms with Gasteiger partial charge in [-0.25, -0.2) is 9.79 Å². The van der Waals surface area contributed by atoms with Crippen LogP contribution in [0.25, 0.3) is 6.08 Å². The van der Waals surface area contributed by atoms with Crippen LogP contribution in [-0.4, -0.2) is 35.6 Å². The average molecular weight is 372 g/mol. The van der Waals surface area contributed by atoms with Crippen LogP contribution in [0.3, 0.4) is 0 Å². The molecule has 128 valence electrons. The van der Waals surface area contributed by atoms with Gasteiger partial charge in [0.1, 0.15) is 0 Å². The summed E-state index contributed by atoms with van der Waals surface area (Å²) < 4.78 is 4.73. The zero-order valence-electron chi connectivity index (χ0n) is 13.8. The number of hydrogen-bond acceptors (Lipinski definition) is 6. The number of benzene rings is 1. The number of carbonyl (C=O) groups excluding carboxylic acids is 2. The number of amides is 1. The largest absolute Gasteiger partial charge is 0.465 e. The number of carbonyl (C=O) groups is 2. The van der Waals surface area contributed by atoms with E-state index in [9.17, 15) is 9.59 Å². The van der Waals surface area contributed by atoms with Crippen LogP contribution in [0.15, 0.2) is 51.7 Å². The van der Waals surface area contributed by atoms with Gasteiger partial charge in [0.15, 0.2) is 5.17 Å². The third-order valence-corrected chi connectivity index (χ3v) is 5.34. The zero-order chi connectivity index (χ0) is 17.8. The predicted octanol–water partition coefficient (Wildman–Crippen LogP) is 4.16. The molecule has 2 aromatic rings. The van der Waals surface area contributed by atoms with E-state index in [1.54, 1.807) is 40.5 Å². The average Bonchev–Trinajstić information content (AvgIpc) is 3.23. The molecule has 0 radical (unpaired) electrons. The first-order chi connectivity index (χ1) is 12.1. The number of rotatable bonds is 4. The Labute approximate surface area is 154 Å². The summed E-state index contributed by atoms with van der Waals surface area (Å²) in [5.41, 5.74) is 1.03. The second-order valence-electron chi connectivity index (χ2n) is 5.11. The highest BCUT2D eigenvalue weighted by molar-refractivity contribution is 8.18. The molecule has 25 heavy (non-hydrogen) atoms. The number of esters is 1. The van der Waals surface area contributed by atoms with Crippen LogP contribution in [0.2, 0.25) is 0 Å². The summed E-state index contributed by atoms with van der Waals surface area (Å²) >= 11 is 2.92. The van der Waals surface area contributed by atoms with Crippen molar-refractivity contribution < 1.29 is 14.3 Å². The molecule has 0 N–H and O–H groups in total. The number of hydrogen-bond donors (Lipinski definition) is 0. The number of thioether (sulfide) groups is 1. The number of thiophene rings is 1. The van der Waals surface area contributed by atoms with Gasteiger partial charge < -0.3 is 4.74 Å².